The minimum absolute atomic E-state index is 0.0241. The average molecular weight is 472 g/mol. The Morgan fingerprint density at radius 3 is 2.32 bits per heavy atom. The van der Waals surface area contributed by atoms with Crippen LogP contribution in [0.5, 0.6) is 0 Å². The molecule has 1 N–H and O–H groups in total. The van der Waals surface area contributed by atoms with Crippen molar-refractivity contribution in [3.8, 4) is 17.1 Å². The monoisotopic (exact) mass is 470 g/mol. The van der Waals surface area contributed by atoms with E-state index in [1.54, 1.807) is 35.0 Å². The van der Waals surface area contributed by atoms with Gasteiger partial charge < -0.3 is 5.32 Å². The van der Waals surface area contributed by atoms with Crippen LogP contribution in [0.4, 0.5) is 5.69 Å². The lowest BCUT2D eigenvalue weighted by molar-refractivity contribution is 0.101. The molecule has 0 radical (unpaired) electrons. The fourth-order valence-corrected chi connectivity index (χ4v) is 3.59. The summed E-state index contributed by atoms with van der Waals surface area (Å²) in [5.41, 5.74) is 4.25. The van der Waals surface area contributed by atoms with Crippen LogP contribution in [-0.4, -0.2) is 20.7 Å². The number of aromatic nitrogens is 3. The average Bonchev–Trinajstić information content (AvgIpc) is 3.16. The topological polar surface area (TPSA) is 59.8 Å². The summed E-state index contributed by atoms with van der Waals surface area (Å²) in [7, 11) is 0. The molecule has 1 amide bonds. The SMILES string of the molecule is Cc1ccc(-n2nc(C(=O)Nc3ccc(Cl)c(Cl)c3)nc2-c2ccc(Cl)cc2)c(C)c1. The molecular formula is C23H17Cl3N4O. The van der Waals surface area contributed by atoms with Gasteiger partial charge in [0.2, 0.25) is 5.82 Å². The van der Waals surface area contributed by atoms with Gasteiger partial charge >= 0.3 is 0 Å². The predicted octanol–water partition coefficient (Wildman–Crippen LogP) is 6.76. The van der Waals surface area contributed by atoms with Crippen molar-refractivity contribution in [2.45, 2.75) is 13.8 Å². The number of amides is 1. The summed E-state index contributed by atoms with van der Waals surface area (Å²) >= 11 is 18.0. The van der Waals surface area contributed by atoms with E-state index < -0.39 is 5.91 Å². The van der Waals surface area contributed by atoms with Gasteiger partial charge in [0, 0.05) is 16.3 Å². The zero-order valence-electron chi connectivity index (χ0n) is 16.7. The molecule has 0 bridgehead atoms. The number of hydrogen-bond acceptors (Lipinski definition) is 3. The molecule has 0 saturated carbocycles. The molecular weight excluding hydrogens is 455 g/mol. The molecule has 0 unspecified atom stereocenters. The summed E-state index contributed by atoms with van der Waals surface area (Å²) < 4.78 is 1.67. The van der Waals surface area contributed by atoms with Crippen molar-refractivity contribution in [2.24, 2.45) is 0 Å². The molecule has 156 valence electrons. The van der Waals surface area contributed by atoms with E-state index in [0.717, 1.165) is 22.4 Å². The number of aryl methyl sites for hydroxylation is 2. The second kappa shape index (κ2) is 8.71. The van der Waals surface area contributed by atoms with Crippen molar-refractivity contribution in [1.82, 2.24) is 14.8 Å². The Hall–Kier alpha value is -2.86. The number of benzene rings is 3. The molecule has 4 rings (SSSR count). The summed E-state index contributed by atoms with van der Waals surface area (Å²) in [6.45, 7) is 4.01. The highest BCUT2D eigenvalue weighted by molar-refractivity contribution is 6.42. The molecule has 0 spiro atoms. The Morgan fingerprint density at radius 1 is 0.903 bits per heavy atom. The third kappa shape index (κ3) is 4.59. The molecule has 5 nitrogen and oxygen atoms in total. The third-order valence-electron chi connectivity index (χ3n) is 4.67. The fourth-order valence-electron chi connectivity index (χ4n) is 3.17. The van der Waals surface area contributed by atoms with Crippen molar-refractivity contribution >= 4 is 46.4 Å². The lowest BCUT2D eigenvalue weighted by atomic mass is 10.1. The summed E-state index contributed by atoms with van der Waals surface area (Å²) in [6, 6.07) is 18.1. The number of carbonyl (C=O) groups is 1. The van der Waals surface area contributed by atoms with Gasteiger partial charge in [-0.3, -0.25) is 4.79 Å². The second-order valence-electron chi connectivity index (χ2n) is 7.05. The van der Waals surface area contributed by atoms with E-state index >= 15 is 0 Å². The van der Waals surface area contributed by atoms with Crippen molar-refractivity contribution < 1.29 is 4.79 Å². The quantitative estimate of drug-likeness (QED) is 0.357. The van der Waals surface area contributed by atoms with E-state index in [-0.39, 0.29) is 5.82 Å². The standard InChI is InChI=1S/C23H17Cl3N4O/c1-13-3-10-20(14(2)11-13)30-22(15-4-6-16(24)7-5-15)28-21(29-30)23(31)27-17-8-9-18(25)19(26)12-17/h3-12H,1-2H3,(H,27,31). The van der Waals surface area contributed by atoms with Crippen LogP contribution in [0.2, 0.25) is 15.1 Å². The number of nitrogens with one attached hydrogen (secondary N) is 1. The molecule has 31 heavy (non-hydrogen) atoms. The lowest BCUT2D eigenvalue weighted by Crippen LogP contribution is -2.14. The Balaban J connectivity index is 1.77. The Bertz CT molecular complexity index is 1280. The van der Waals surface area contributed by atoms with Crippen LogP contribution >= 0.6 is 34.8 Å². The largest absolute Gasteiger partial charge is 0.319 e. The van der Waals surface area contributed by atoms with Crippen molar-refractivity contribution in [3.63, 3.8) is 0 Å². The first kappa shape index (κ1) is 21.4. The Morgan fingerprint density at radius 2 is 1.65 bits per heavy atom. The first-order valence-electron chi connectivity index (χ1n) is 9.39. The van der Waals surface area contributed by atoms with Crippen molar-refractivity contribution in [2.75, 3.05) is 5.32 Å². The van der Waals surface area contributed by atoms with Gasteiger partial charge in [-0.2, -0.15) is 0 Å². The Kier molecular flexibility index (Phi) is 6.01. The summed E-state index contributed by atoms with van der Waals surface area (Å²) in [5.74, 6) is 0.0935. The van der Waals surface area contributed by atoms with Crippen LogP contribution < -0.4 is 5.32 Å². The first-order valence-corrected chi connectivity index (χ1v) is 10.5. The van der Waals surface area contributed by atoms with Crippen molar-refractivity contribution in [3.05, 3.63) is 92.7 Å². The number of hydrogen-bond donors (Lipinski definition) is 1. The van der Waals surface area contributed by atoms with Gasteiger partial charge in [-0.05, 0) is 67.9 Å². The maximum absolute atomic E-state index is 12.9. The first-order chi connectivity index (χ1) is 14.8. The van der Waals surface area contributed by atoms with Crippen LogP contribution in [0, 0.1) is 13.8 Å². The molecule has 1 aromatic heterocycles. The minimum Gasteiger partial charge on any atom is -0.319 e. The van der Waals surface area contributed by atoms with E-state index in [4.69, 9.17) is 34.8 Å². The van der Waals surface area contributed by atoms with Gasteiger partial charge in [-0.1, -0.05) is 52.5 Å². The lowest BCUT2D eigenvalue weighted by Gasteiger charge is -2.10. The number of nitrogens with zero attached hydrogens (tertiary/aromatic N) is 3. The maximum atomic E-state index is 12.9. The molecule has 0 aliphatic heterocycles. The number of anilines is 1. The van der Waals surface area contributed by atoms with E-state index in [2.05, 4.69) is 21.5 Å². The van der Waals surface area contributed by atoms with Crippen LogP contribution in [-0.2, 0) is 0 Å². The molecule has 4 aromatic rings. The van der Waals surface area contributed by atoms with Crippen LogP contribution in [0.25, 0.3) is 17.1 Å². The molecule has 1 heterocycles. The zero-order valence-corrected chi connectivity index (χ0v) is 18.9. The highest BCUT2D eigenvalue weighted by Crippen LogP contribution is 2.27. The van der Waals surface area contributed by atoms with Crippen LogP contribution in [0.1, 0.15) is 21.7 Å². The van der Waals surface area contributed by atoms with Gasteiger partial charge in [-0.25, -0.2) is 9.67 Å². The molecule has 0 atom stereocenters. The van der Waals surface area contributed by atoms with E-state index in [0.29, 0.717) is 26.6 Å². The van der Waals surface area contributed by atoms with Crippen LogP contribution in [0.3, 0.4) is 0 Å². The van der Waals surface area contributed by atoms with Gasteiger partial charge in [0.15, 0.2) is 5.82 Å². The predicted molar refractivity (Wildman–Crippen MR) is 126 cm³/mol. The minimum atomic E-state index is -0.461. The maximum Gasteiger partial charge on any atom is 0.295 e. The van der Waals surface area contributed by atoms with Crippen molar-refractivity contribution in [1.29, 1.82) is 0 Å². The van der Waals surface area contributed by atoms with E-state index in [1.165, 1.54) is 0 Å². The molecule has 0 aliphatic carbocycles. The number of halogens is 3. The smallest absolute Gasteiger partial charge is 0.295 e. The van der Waals surface area contributed by atoms with Gasteiger partial charge in [0.05, 0.1) is 15.7 Å². The van der Waals surface area contributed by atoms with Crippen LogP contribution in [0.15, 0.2) is 60.7 Å². The third-order valence-corrected chi connectivity index (χ3v) is 5.66. The molecule has 0 saturated heterocycles. The van der Waals surface area contributed by atoms with E-state index in [1.807, 2.05) is 38.1 Å². The molecule has 0 fully saturated rings. The highest BCUT2D eigenvalue weighted by Gasteiger charge is 2.20. The van der Waals surface area contributed by atoms with Gasteiger partial charge in [0.25, 0.3) is 5.91 Å². The van der Waals surface area contributed by atoms with E-state index in [9.17, 15) is 4.79 Å². The molecule has 3 aromatic carbocycles. The summed E-state index contributed by atoms with van der Waals surface area (Å²) in [6.07, 6.45) is 0. The summed E-state index contributed by atoms with van der Waals surface area (Å²) in [5, 5.41) is 8.63. The Labute approximate surface area is 194 Å². The van der Waals surface area contributed by atoms with Gasteiger partial charge in [0.1, 0.15) is 0 Å². The normalized spacial score (nSPS) is 10.9. The fraction of sp³-hybridized carbons (Fsp3) is 0.0870. The highest BCUT2D eigenvalue weighted by atomic mass is 35.5. The molecule has 8 heteroatoms. The zero-order chi connectivity index (χ0) is 22.1. The molecule has 0 aliphatic rings. The summed E-state index contributed by atoms with van der Waals surface area (Å²) in [4.78, 5) is 17.4. The second-order valence-corrected chi connectivity index (χ2v) is 8.30. The van der Waals surface area contributed by atoms with Gasteiger partial charge in [-0.15, -0.1) is 5.10 Å². The number of rotatable bonds is 4. The number of carbonyl (C=O) groups excluding carboxylic acids is 1.